The van der Waals surface area contributed by atoms with Crippen molar-refractivity contribution in [2.45, 2.75) is 38.7 Å². The Kier molecular flexibility index (Phi) is 4.42. The molecule has 0 saturated carbocycles. The summed E-state index contributed by atoms with van der Waals surface area (Å²) in [6.07, 6.45) is -3.66. The van der Waals surface area contributed by atoms with Gasteiger partial charge in [-0.15, -0.1) is 13.2 Å². The predicted molar refractivity (Wildman–Crippen MR) is 72.0 cm³/mol. The molecule has 1 N–H and O–H groups in total. The van der Waals surface area contributed by atoms with Gasteiger partial charge in [0.2, 0.25) is 0 Å². The number of alkyl halides is 3. The van der Waals surface area contributed by atoms with Gasteiger partial charge in [0.25, 0.3) is 0 Å². The van der Waals surface area contributed by atoms with E-state index >= 15 is 0 Å². The average Bonchev–Trinajstić information content (AvgIpc) is 2.38. The zero-order valence-electron chi connectivity index (χ0n) is 11.6. The molecule has 1 fully saturated rings. The molecule has 112 valence electrons. The van der Waals surface area contributed by atoms with Crippen LogP contribution in [0.15, 0.2) is 24.3 Å². The Morgan fingerprint density at radius 3 is 2.50 bits per heavy atom. The van der Waals surface area contributed by atoms with Gasteiger partial charge in [0.1, 0.15) is 5.75 Å². The molecule has 1 aromatic carbocycles. The van der Waals surface area contributed by atoms with Gasteiger partial charge in [-0.2, -0.15) is 0 Å². The third-order valence-corrected chi connectivity index (χ3v) is 3.49. The van der Waals surface area contributed by atoms with Crippen molar-refractivity contribution in [1.82, 2.24) is 5.32 Å². The minimum Gasteiger partial charge on any atom is -0.406 e. The van der Waals surface area contributed by atoms with Gasteiger partial charge in [-0.05, 0) is 37.6 Å². The SMILES string of the molecule is CCC1CNC(C)CN1c1ccc(OC(F)(F)F)cc1. The van der Waals surface area contributed by atoms with Crippen molar-refractivity contribution < 1.29 is 17.9 Å². The molecule has 1 aliphatic heterocycles. The molecule has 1 aliphatic rings. The summed E-state index contributed by atoms with van der Waals surface area (Å²) >= 11 is 0. The number of piperazine rings is 1. The van der Waals surface area contributed by atoms with Crippen molar-refractivity contribution in [2.75, 3.05) is 18.0 Å². The molecule has 2 unspecified atom stereocenters. The highest BCUT2D eigenvalue weighted by Gasteiger charge is 2.31. The lowest BCUT2D eigenvalue weighted by atomic mass is 10.1. The Balaban J connectivity index is 2.11. The van der Waals surface area contributed by atoms with Crippen LogP contribution in [0.3, 0.4) is 0 Å². The minimum absolute atomic E-state index is 0.183. The quantitative estimate of drug-likeness (QED) is 0.924. The van der Waals surface area contributed by atoms with Gasteiger partial charge >= 0.3 is 6.36 Å². The van der Waals surface area contributed by atoms with Crippen molar-refractivity contribution in [2.24, 2.45) is 0 Å². The normalized spacial score (nSPS) is 23.8. The Morgan fingerprint density at radius 2 is 1.95 bits per heavy atom. The topological polar surface area (TPSA) is 24.5 Å². The Labute approximate surface area is 116 Å². The molecule has 0 radical (unpaired) electrons. The van der Waals surface area contributed by atoms with E-state index in [1.54, 1.807) is 12.1 Å². The van der Waals surface area contributed by atoms with Gasteiger partial charge in [0.15, 0.2) is 0 Å². The fourth-order valence-electron chi connectivity index (χ4n) is 2.48. The van der Waals surface area contributed by atoms with Crippen LogP contribution in [-0.4, -0.2) is 31.5 Å². The number of hydrogen-bond acceptors (Lipinski definition) is 3. The van der Waals surface area contributed by atoms with Crippen LogP contribution >= 0.6 is 0 Å². The summed E-state index contributed by atoms with van der Waals surface area (Å²) in [7, 11) is 0. The van der Waals surface area contributed by atoms with Crippen LogP contribution in [-0.2, 0) is 0 Å². The highest BCUT2D eigenvalue weighted by Crippen LogP contribution is 2.27. The number of halogens is 3. The monoisotopic (exact) mass is 288 g/mol. The van der Waals surface area contributed by atoms with Crippen molar-refractivity contribution in [3.8, 4) is 5.75 Å². The molecule has 1 heterocycles. The maximum absolute atomic E-state index is 12.1. The van der Waals surface area contributed by atoms with Crippen LogP contribution in [0.4, 0.5) is 18.9 Å². The Morgan fingerprint density at radius 1 is 1.30 bits per heavy atom. The third kappa shape index (κ3) is 3.79. The standard InChI is InChI=1S/C14H19F3N2O/c1-3-11-8-18-10(2)9-19(11)12-4-6-13(7-5-12)20-14(15,16)17/h4-7,10-11,18H,3,8-9H2,1-2H3. The minimum atomic E-state index is -4.64. The van der Waals surface area contributed by atoms with Gasteiger partial charge in [-0.1, -0.05) is 6.92 Å². The molecule has 0 aromatic heterocycles. The zero-order chi connectivity index (χ0) is 14.8. The first kappa shape index (κ1) is 15.0. The van der Waals surface area contributed by atoms with Crippen molar-refractivity contribution in [3.05, 3.63) is 24.3 Å². The first-order chi connectivity index (χ1) is 9.39. The smallest absolute Gasteiger partial charge is 0.406 e. The third-order valence-electron chi connectivity index (χ3n) is 3.49. The van der Waals surface area contributed by atoms with E-state index in [-0.39, 0.29) is 5.75 Å². The fraction of sp³-hybridized carbons (Fsp3) is 0.571. The van der Waals surface area contributed by atoms with E-state index < -0.39 is 6.36 Å². The zero-order valence-corrected chi connectivity index (χ0v) is 11.6. The highest BCUT2D eigenvalue weighted by molar-refractivity contribution is 5.50. The molecule has 1 saturated heterocycles. The van der Waals surface area contributed by atoms with Crippen molar-refractivity contribution >= 4 is 5.69 Å². The maximum atomic E-state index is 12.1. The van der Waals surface area contributed by atoms with E-state index in [2.05, 4.69) is 28.8 Å². The predicted octanol–water partition coefficient (Wildman–Crippen LogP) is 3.16. The van der Waals surface area contributed by atoms with E-state index in [0.717, 1.165) is 25.2 Å². The number of anilines is 1. The summed E-state index contributed by atoms with van der Waals surface area (Å²) in [6.45, 7) is 5.94. The summed E-state index contributed by atoms with van der Waals surface area (Å²) in [5, 5.41) is 3.41. The summed E-state index contributed by atoms with van der Waals surface area (Å²) in [6, 6.07) is 6.82. The number of rotatable bonds is 3. The van der Waals surface area contributed by atoms with E-state index in [4.69, 9.17) is 0 Å². The van der Waals surface area contributed by atoms with E-state index in [0.29, 0.717) is 12.1 Å². The first-order valence-electron chi connectivity index (χ1n) is 6.75. The molecule has 1 aromatic rings. The first-order valence-corrected chi connectivity index (χ1v) is 6.75. The number of nitrogens with one attached hydrogen (secondary N) is 1. The van der Waals surface area contributed by atoms with Crippen LogP contribution in [0.1, 0.15) is 20.3 Å². The van der Waals surface area contributed by atoms with Gasteiger partial charge < -0.3 is 15.0 Å². The van der Waals surface area contributed by atoms with Crippen molar-refractivity contribution in [1.29, 1.82) is 0 Å². The lowest BCUT2D eigenvalue weighted by Gasteiger charge is -2.40. The molecular weight excluding hydrogens is 269 g/mol. The summed E-state index contributed by atoms with van der Waals surface area (Å²) in [5.41, 5.74) is 0.930. The summed E-state index contributed by atoms with van der Waals surface area (Å²) in [5.74, 6) is -0.183. The molecule has 0 amide bonds. The fourth-order valence-corrected chi connectivity index (χ4v) is 2.48. The molecule has 3 nitrogen and oxygen atoms in total. The molecule has 0 aliphatic carbocycles. The Bertz CT molecular complexity index is 433. The number of benzene rings is 1. The van der Waals surface area contributed by atoms with Crippen LogP contribution in [0.5, 0.6) is 5.75 Å². The lowest BCUT2D eigenvalue weighted by Crippen LogP contribution is -2.55. The summed E-state index contributed by atoms with van der Waals surface area (Å²) < 4.78 is 40.3. The van der Waals surface area contributed by atoms with E-state index in [1.165, 1.54) is 12.1 Å². The van der Waals surface area contributed by atoms with Crippen LogP contribution < -0.4 is 15.0 Å². The van der Waals surface area contributed by atoms with Crippen molar-refractivity contribution in [3.63, 3.8) is 0 Å². The van der Waals surface area contributed by atoms with Gasteiger partial charge in [0, 0.05) is 30.9 Å². The molecule has 0 bridgehead atoms. The van der Waals surface area contributed by atoms with E-state index in [1.807, 2.05) is 0 Å². The molecule has 6 heteroatoms. The Hall–Kier alpha value is -1.43. The molecular formula is C14H19F3N2O. The second kappa shape index (κ2) is 5.91. The van der Waals surface area contributed by atoms with Gasteiger partial charge in [-0.3, -0.25) is 0 Å². The largest absolute Gasteiger partial charge is 0.573 e. The highest BCUT2D eigenvalue weighted by atomic mass is 19.4. The number of nitrogens with zero attached hydrogens (tertiary/aromatic N) is 1. The number of ether oxygens (including phenoxy) is 1. The number of hydrogen-bond donors (Lipinski definition) is 1. The second-order valence-electron chi connectivity index (χ2n) is 5.07. The van der Waals surface area contributed by atoms with Gasteiger partial charge in [-0.25, -0.2) is 0 Å². The van der Waals surface area contributed by atoms with E-state index in [9.17, 15) is 13.2 Å². The maximum Gasteiger partial charge on any atom is 0.573 e. The average molecular weight is 288 g/mol. The van der Waals surface area contributed by atoms with Crippen LogP contribution in [0.2, 0.25) is 0 Å². The summed E-state index contributed by atoms with van der Waals surface area (Å²) in [4.78, 5) is 2.23. The molecule has 20 heavy (non-hydrogen) atoms. The van der Waals surface area contributed by atoms with Crippen LogP contribution in [0.25, 0.3) is 0 Å². The molecule has 0 spiro atoms. The van der Waals surface area contributed by atoms with Crippen LogP contribution in [0, 0.1) is 0 Å². The molecule has 2 atom stereocenters. The van der Waals surface area contributed by atoms with Gasteiger partial charge in [0.05, 0.1) is 0 Å². The molecule has 2 rings (SSSR count). The lowest BCUT2D eigenvalue weighted by molar-refractivity contribution is -0.274. The second-order valence-corrected chi connectivity index (χ2v) is 5.07.